The molecule has 0 aromatic heterocycles. The second-order valence-corrected chi connectivity index (χ2v) is 5.08. The lowest BCUT2D eigenvalue weighted by Crippen LogP contribution is -2.26. The van der Waals surface area contributed by atoms with Crippen LogP contribution < -0.4 is 11.2 Å². The molecule has 0 aliphatic heterocycles. The van der Waals surface area contributed by atoms with Crippen molar-refractivity contribution < 1.29 is 0 Å². The Labute approximate surface area is 138 Å². The fraction of sp³-hybridized carbons (Fsp3) is 0. The first-order chi connectivity index (χ1) is 10.6. The van der Waals surface area contributed by atoms with E-state index in [1.54, 1.807) is 36.7 Å². The SMILES string of the molecule is NC(=N/N=C\c1ccc(Cl)cc1)N/N=C\c1ccc(Cl)cc1. The number of guanidine groups is 1. The second-order valence-electron chi connectivity index (χ2n) is 4.20. The molecule has 0 radical (unpaired) electrons. The van der Waals surface area contributed by atoms with Gasteiger partial charge in [-0.25, -0.2) is 5.43 Å². The summed E-state index contributed by atoms with van der Waals surface area (Å²) in [6, 6.07) is 14.4. The topological polar surface area (TPSA) is 75.1 Å². The number of hydrogen-bond donors (Lipinski definition) is 2. The summed E-state index contributed by atoms with van der Waals surface area (Å²) in [5.74, 6) is 0.0791. The number of hydrazone groups is 1. The minimum atomic E-state index is 0.0791. The normalized spacial score (nSPS) is 12.2. The van der Waals surface area contributed by atoms with Crippen LogP contribution in [0.3, 0.4) is 0 Å². The Bertz CT molecular complexity index is 691. The monoisotopic (exact) mass is 333 g/mol. The number of halogens is 2. The van der Waals surface area contributed by atoms with Gasteiger partial charge in [-0.2, -0.15) is 10.2 Å². The van der Waals surface area contributed by atoms with E-state index in [9.17, 15) is 0 Å². The maximum atomic E-state index is 5.79. The minimum absolute atomic E-state index is 0.0791. The molecule has 0 unspecified atom stereocenters. The molecular formula is C15H13Cl2N5. The zero-order valence-electron chi connectivity index (χ0n) is 11.4. The van der Waals surface area contributed by atoms with E-state index in [0.29, 0.717) is 10.0 Å². The second kappa shape index (κ2) is 8.17. The maximum Gasteiger partial charge on any atom is 0.234 e. The van der Waals surface area contributed by atoms with Crippen LogP contribution in [0.25, 0.3) is 0 Å². The summed E-state index contributed by atoms with van der Waals surface area (Å²) in [7, 11) is 0. The zero-order valence-corrected chi connectivity index (χ0v) is 13.0. The molecule has 0 aliphatic rings. The van der Waals surface area contributed by atoms with Gasteiger partial charge in [0.05, 0.1) is 12.4 Å². The summed E-state index contributed by atoms with van der Waals surface area (Å²) in [6.45, 7) is 0. The van der Waals surface area contributed by atoms with E-state index in [2.05, 4.69) is 20.7 Å². The summed E-state index contributed by atoms with van der Waals surface area (Å²) >= 11 is 11.6. The molecule has 2 aromatic rings. The van der Waals surface area contributed by atoms with Gasteiger partial charge in [0, 0.05) is 10.0 Å². The quantitative estimate of drug-likeness (QED) is 0.512. The molecular weight excluding hydrogens is 321 g/mol. The first-order valence-corrected chi connectivity index (χ1v) is 7.06. The third kappa shape index (κ3) is 5.55. The average molecular weight is 334 g/mol. The van der Waals surface area contributed by atoms with Gasteiger partial charge >= 0.3 is 0 Å². The summed E-state index contributed by atoms with van der Waals surface area (Å²) < 4.78 is 0. The number of hydrogen-bond acceptors (Lipinski definition) is 3. The molecule has 0 saturated carbocycles. The molecule has 0 bridgehead atoms. The highest BCUT2D eigenvalue weighted by Crippen LogP contribution is 2.08. The molecule has 112 valence electrons. The van der Waals surface area contributed by atoms with Crippen molar-refractivity contribution in [3.8, 4) is 0 Å². The Morgan fingerprint density at radius 3 is 1.91 bits per heavy atom. The Balaban J connectivity index is 1.87. The van der Waals surface area contributed by atoms with Crippen molar-refractivity contribution in [1.29, 1.82) is 0 Å². The highest BCUT2D eigenvalue weighted by atomic mass is 35.5. The molecule has 0 heterocycles. The Hall–Kier alpha value is -2.37. The van der Waals surface area contributed by atoms with Gasteiger partial charge in [-0.3, -0.25) is 0 Å². The molecule has 0 saturated heterocycles. The van der Waals surface area contributed by atoms with Gasteiger partial charge in [0.1, 0.15) is 0 Å². The first-order valence-electron chi connectivity index (χ1n) is 6.30. The lowest BCUT2D eigenvalue weighted by atomic mass is 10.2. The largest absolute Gasteiger partial charge is 0.367 e. The lowest BCUT2D eigenvalue weighted by molar-refractivity contribution is 0.994. The van der Waals surface area contributed by atoms with E-state index in [1.807, 2.05) is 24.3 Å². The van der Waals surface area contributed by atoms with Gasteiger partial charge in [-0.1, -0.05) is 47.5 Å². The molecule has 2 rings (SSSR count). The smallest absolute Gasteiger partial charge is 0.234 e. The minimum Gasteiger partial charge on any atom is -0.367 e. The number of nitrogens with two attached hydrogens (primary N) is 1. The van der Waals surface area contributed by atoms with Gasteiger partial charge < -0.3 is 5.73 Å². The van der Waals surface area contributed by atoms with E-state index < -0.39 is 0 Å². The molecule has 0 aliphatic carbocycles. The zero-order chi connectivity index (χ0) is 15.8. The van der Waals surface area contributed by atoms with Gasteiger partial charge in [-0.15, -0.1) is 5.10 Å². The standard InChI is InChI=1S/C15H13Cl2N5/c16-13-5-1-11(2-6-13)9-19-21-15(18)22-20-10-12-3-7-14(17)8-4-12/h1-10H,(H3,18,21,22)/b19-9-,20-10-. The summed E-state index contributed by atoms with van der Waals surface area (Å²) in [5, 5.41) is 12.9. The fourth-order valence-electron chi connectivity index (χ4n) is 1.45. The van der Waals surface area contributed by atoms with Crippen LogP contribution in [0.15, 0.2) is 63.8 Å². The molecule has 0 amide bonds. The van der Waals surface area contributed by atoms with E-state index in [-0.39, 0.29) is 5.96 Å². The van der Waals surface area contributed by atoms with Gasteiger partial charge in [0.2, 0.25) is 5.96 Å². The van der Waals surface area contributed by atoms with Crippen LogP contribution >= 0.6 is 23.2 Å². The molecule has 3 N–H and O–H groups in total. The predicted octanol–water partition coefficient (Wildman–Crippen LogP) is 3.27. The summed E-state index contributed by atoms with van der Waals surface area (Å²) in [6.07, 6.45) is 3.16. The molecule has 0 spiro atoms. The highest BCUT2D eigenvalue weighted by Gasteiger charge is 1.90. The summed E-state index contributed by atoms with van der Waals surface area (Å²) in [4.78, 5) is 0. The Morgan fingerprint density at radius 2 is 1.36 bits per heavy atom. The van der Waals surface area contributed by atoms with Crippen LogP contribution in [-0.2, 0) is 0 Å². The van der Waals surface area contributed by atoms with E-state index in [4.69, 9.17) is 28.9 Å². The van der Waals surface area contributed by atoms with Crippen LogP contribution in [0.1, 0.15) is 11.1 Å². The molecule has 0 fully saturated rings. The van der Waals surface area contributed by atoms with E-state index >= 15 is 0 Å². The third-order valence-corrected chi connectivity index (χ3v) is 3.01. The van der Waals surface area contributed by atoms with Crippen molar-refractivity contribution in [2.24, 2.45) is 21.0 Å². The molecule has 5 nitrogen and oxygen atoms in total. The lowest BCUT2D eigenvalue weighted by Gasteiger charge is -1.96. The van der Waals surface area contributed by atoms with Crippen molar-refractivity contribution >= 4 is 41.6 Å². The number of nitrogens with one attached hydrogen (secondary N) is 1. The molecule has 2 aromatic carbocycles. The Morgan fingerprint density at radius 1 is 0.864 bits per heavy atom. The van der Waals surface area contributed by atoms with Gasteiger partial charge in [-0.05, 0) is 35.4 Å². The van der Waals surface area contributed by atoms with Crippen LogP contribution in [0.5, 0.6) is 0 Å². The van der Waals surface area contributed by atoms with E-state index in [0.717, 1.165) is 11.1 Å². The highest BCUT2D eigenvalue weighted by molar-refractivity contribution is 6.30. The van der Waals surface area contributed by atoms with Crippen molar-refractivity contribution in [2.45, 2.75) is 0 Å². The van der Waals surface area contributed by atoms with Crippen LogP contribution in [0, 0.1) is 0 Å². The van der Waals surface area contributed by atoms with Crippen molar-refractivity contribution in [3.05, 3.63) is 69.7 Å². The molecule has 22 heavy (non-hydrogen) atoms. The summed E-state index contributed by atoms with van der Waals surface area (Å²) in [5.41, 5.74) is 9.94. The van der Waals surface area contributed by atoms with Crippen molar-refractivity contribution in [2.75, 3.05) is 0 Å². The van der Waals surface area contributed by atoms with Gasteiger partial charge in [0.25, 0.3) is 0 Å². The van der Waals surface area contributed by atoms with Crippen molar-refractivity contribution in [3.63, 3.8) is 0 Å². The maximum absolute atomic E-state index is 5.79. The number of benzene rings is 2. The van der Waals surface area contributed by atoms with Crippen LogP contribution in [0.2, 0.25) is 10.0 Å². The van der Waals surface area contributed by atoms with Crippen molar-refractivity contribution in [1.82, 2.24) is 5.43 Å². The Kier molecular flexibility index (Phi) is 5.94. The third-order valence-electron chi connectivity index (χ3n) is 2.51. The molecule has 7 heteroatoms. The number of rotatable bonds is 4. The van der Waals surface area contributed by atoms with Crippen LogP contribution in [0.4, 0.5) is 0 Å². The predicted molar refractivity (Wildman–Crippen MR) is 92.9 cm³/mol. The first kappa shape index (κ1) is 16.0. The molecule has 0 atom stereocenters. The average Bonchev–Trinajstić information content (AvgIpc) is 2.51. The number of nitrogens with zero attached hydrogens (tertiary/aromatic N) is 3. The van der Waals surface area contributed by atoms with E-state index in [1.165, 1.54) is 0 Å². The fourth-order valence-corrected chi connectivity index (χ4v) is 1.70. The van der Waals surface area contributed by atoms with Gasteiger partial charge in [0.15, 0.2) is 0 Å². The van der Waals surface area contributed by atoms with Crippen LogP contribution in [-0.4, -0.2) is 18.4 Å².